The molecule has 0 spiro atoms. The third kappa shape index (κ3) is 7.58. The number of hydrogen-bond donors (Lipinski definition) is 2. The molecular weight excluding hydrogens is 140 g/mol. The summed E-state index contributed by atoms with van der Waals surface area (Å²) in [6.45, 7) is 0.387. The number of carbonyl (C=O) groups is 1. The highest BCUT2D eigenvalue weighted by Gasteiger charge is 1.96. The van der Waals surface area contributed by atoms with E-state index in [4.69, 9.17) is 5.73 Å². The largest absolute Gasteiger partial charge is 0.617 e. The predicted molar refractivity (Wildman–Crippen MR) is 36.5 cm³/mol. The maximum atomic E-state index is 10.3. The lowest BCUT2D eigenvalue weighted by molar-refractivity contribution is 0.249. The lowest BCUT2D eigenvalue weighted by atomic mass is 10.7. The van der Waals surface area contributed by atoms with Gasteiger partial charge in [-0.15, -0.1) is 0 Å². The van der Waals surface area contributed by atoms with E-state index in [-0.39, 0.29) is 0 Å². The van der Waals surface area contributed by atoms with Crippen molar-refractivity contribution < 1.29 is 9.35 Å². The molecule has 0 aromatic carbocycles. The molecule has 0 aromatic rings. The highest BCUT2D eigenvalue weighted by Crippen LogP contribution is 1.78. The lowest BCUT2D eigenvalue weighted by Crippen LogP contribution is -2.33. The molecule has 0 radical (unpaired) electrons. The summed E-state index contributed by atoms with van der Waals surface area (Å²) in [4.78, 5) is 9.99. The van der Waals surface area contributed by atoms with Gasteiger partial charge in [0.2, 0.25) is 0 Å². The normalized spacial score (nSPS) is 12.7. The molecule has 0 saturated heterocycles. The van der Waals surface area contributed by atoms with E-state index in [9.17, 15) is 9.35 Å². The van der Waals surface area contributed by atoms with Crippen molar-refractivity contribution in [2.24, 2.45) is 5.73 Å². The molecule has 0 aromatic heterocycles. The minimum Gasteiger partial charge on any atom is -0.617 e. The van der Waals surface area contributed by atoms with Gasteiger partial charge in [0.25, 0.3) is 0 Å². The molecule has 2 amide bonds. The zero-order valence-electron chi connectivity index (χ0n) is 5.22. The molecule has 3 N–H and O–H groups in total. The van der Waals surface area contributed by atoms with Gasteiger partial charge in [-0.05, 0) is 0 Å². The molecule has 5 heteroatoms. The van der Waals surface area contributed by atoms with E-state index >= 15 is 0 Å². The molecule has 0 fully saturated rings. The van der Waals surface area contributed by atoms with Gasteiger partial charge in [0.1, 0.15) is 5.75 Å². The second kappa shape index (κ2) is 4.46. The molecule has 0 aliphatic rings. The number of urea groups is 1. The van der Waals surface area contributed by atoms with Crippen molar-refractivity contribution >= 4 is 17.2 Å². The highest BCUT2D eigenvalue weighted by atomic mass is 32.2. The van der Waals surface area contributed by atoms with Gasteiger partial charge in [-0.25, -0.2) is 4.79 Å². The first-order valence-corrected chi connectivity index (χ1v) is 4.19. The second-order valence-electron chi connectivity index (χ2n) is 1.57. The molecule has 1 unspecified atom stereocenters. The van der Waals surface area contributed by atoms with Crippen molar-refractivity contribution in [1.29, 1.82) is 0 Å². The number of rotatable bonds is 3. The first kappa shape index (κ1) is 8.58. The highest BCUT2D eigenvalue weighted by molar-refractivity contribution is 7.90. The number of nitrogens with one attached hydrogen (secondary N) is 1. The van der Waals surface area contributed by atoms with Crippen LogP contribution in [0.2, 0.25) is 0 Å². The van der Waals surface area contributed by atoms with Crippen molar-refractivity contribution in [3.8, 4) is 0 Å². The summed E-state index contributed by atoms with van der Waals surface area (Å²) >= 11 is -0.852. The van der Waals surface area contributed by atoms with Crippen LogP contribution in [0, 0.1) is 0 Å². The Labute approximate surface area is 57.0 Å². The quantitative estimate of drug-likeness (QED) is 0.508. The number of carbonyl (C=O) groups excluding carboxylic acids is 1. The zero-order valence-corrected chi connectivity index (χ0v) is 6.03. The topological polar surface area (TPSA) is 78.2 Å². The fourth-order valence-corrected chi connectivity index (χ4v) is 0.707. The fraction of sp³-hybridized carbons (Fsp3) is 0.750. The zero-order chi connectivity index (χ0) is 7.28. The van der Waals surface area contributed by atoms with Crippen molar-refractivity contribution in [2.45, 2.75) is 0 Å². The summed E-state index contributed by atoms with van der Waals surface area (Å²) in [6, 6.07) is -0.569. The van der Waals surface area contributed by atoms with E-state index in [0.717, 1.165) is 0 Å². The first-order chi connectivity index (χ1) is 4.13. The third-order valence-corrected chi connectivity index (χ3v) is 1.47. The molecule has 54 valence electrons. The van der Waals surface area contributed by atoms with Crippen LogP contribution in [0.25, 0.3) is 0 Å². The number of amides is 2. The van der Waals surface area contributed by atoms with Gasteiger partial charge in [-0.2, -0.15) is 0 Å². The van der Waals surface area contributed by atoms with E-state index < -0.39 is 17.2 Å². The van der Waals surface area contributed by atoms with E-state index in [1.807, 2.05) is 0 Å². The number of primary amides is 1. The molecule has 0 aliphatic heterocycles. The Bertz CT molecular complexity index is 96.6. The van der Waals surface area contributed by atoms with Gasteiger partial charge in [0.05, 0.1) is 12.8 Å². The maximum Gasteiger partial charge on any atom is 0.312 e. The van der Waals surface area contributed by atoms with Crippen molar-refractivity contribution in [1.82, 2.24) is 5.32 Å². The molecule has 0 bridgehead atoms. The summed E-state index contributed by atoms with van der Waals surface area (Å²) in [5, 5.41) is 2.32. The molecule has 1 atom stereocenters. The maximum absolute atomic E-state index is 10.3. The van der Waals surface area contributed by atoms with Gasteiger partial charge in [-0.3, -0.25) is 0 Å². The Hall–Kier alpha value is -0.420. The van der Waals surface area contributed by atoms with Crippen LogP contribution in [0.15, 0.2) is 0 Å². The average molecular weight is 150 g/mol. The third-order valence-electron chi connectivity index (χ3n) is 0.689. The predicted octanol–water partition coefficient (Wildman–Crippen LogP) is -0.967. The fourth-order valence-electron chi connectivity index (χ4n) is 0.318. The molecule has 9 heavy (non-hydrogen) atoms. The van der Waals surface area contributed by atoms with Crippen LogP contribution in [0.4, 0.5) is 4.79 Å². The summed E-state index contributed by atoms with van der Waals surface area (Å²) < 4.78 is 10.3. The number of hydrogen-bond acceptors (Lipinski definition) is 2. The molecule has 0 aliphatic carbocycles. The van der Waals surface area contributed by atoms with Gasteiger partial charge in [0, 0.05) is 0 Å². The van der Waals surface area contributed by atoms with Crippen LogP contribution in [0.1, 0.15) is 0 Å². The summed E-state index contributed by atoms with van der Waals surface area (Å²) in [5.41, 5.74) is 4.73. The van der Waals surface area contributed by atoms with Crippen molar-refractivity contribution in [2.75, 3.05) is 18.6 Å². The Morgan fingerprint density at radius 3 is 2.78 bits per heavy atom. The van der Waals surface area contributed by atoms with Gasteiger partial charge in [0.15, 0.2) is 0 Å². The van der Waals surface area contributed by atoms with Crippen molar-refractivity contribution in [3.63, 3.8) is 0 Å². The summed E-state index contributed by atoms with van der Waals surface area (Å²) in [6.07, 6.45) is 1.57. The van der Waals surface area contributed by atoms with E-state index in [1.54, 1.807) is 6.26 Å². The molecule has 4 nitrogen and oxygen atoms in total. The molecule has 0 saturated carbocycles. The van der Waals surface area contributed by atoms with E-state index in [0.29, 0.717) is 12.3 Å². The lowest BCUT2D eigenvalue weighted by Gasteiger charge is -2.03. The van der Waals surface area contributed by atoms with Crippen LogP contribution < -0.4 is 11.1 Å². The Balaban J connectivity index is 3.01. The monoisotopic (exact) mass is 150 g/mol. The van der Waals surface area contributed by atoms with Crippen LogP contribution in [-0.2, 0) is 11.2 Å². The van der Waals surface area contributed by atoms with Crippen LogP contribution >= 0.6 is 0 Å². The Kier molecular flexibility index (Phi) is 4.25. The van der Waals surface area contributed by atoms with Gasteiger partial charge < -0.3 is 15.6 Å². The first-order valence-electron chi connectivity index (χ1n) is 2.46. The van der Waals surface area contributed by atoms with Crippen LogP contribution in [0.5, 0.6) is 0 Å². The standard InChI is InChI=1S/C4H10N2O2S/c1-9(8)3-2-6-4(5)7/h2-3H2,1H3,(H3,5,6,7). The Morgan fingerprint density at radius 1 is 1.89 bits per heavy atom. The average Bonchev–Trinajstić information content (AvgIpc) is 1.63. The van der Waals surface area contributed by atoms with E-state index in [1.165, 1.54) is 0 Å². The smallest absolute Gasteiger partial charge is 0.312 e. The molecule has 0 heterocycles. The SMILES string of the molecule is C[S+]([O-])CCNC(N)=O. The molecule has 0 rings (SSSR count). The number of nitrogens with two attached hydrogens (primary N) is 1. The van der Waals surface area contributed by atoms with Gasteiger partial charge >= 0.3 is 6.03 Å². The van der Waals surface area contributed by atoms with Crippen LogP contribution in [0.3, 0.4) is 0 Å². The summed E-state index contributed by atoms with van der Waals surface area (Å²) in [7, 11) is 0. The van der Waals surface area contributed by atoms with Crippen LogP contribution in [-0.4, -0.2) is 29.1 Å². The Morgan fingerprint density at radius 2 is 2.44 bits per heavy atom. The van der Waals surface area contributed by atoms with E-state index in [2.05, 4.69) is 5.32 Å². The molecular formula is C4H10N2O2S. The minimum atomic E-state index is -0.852. The second-order valence-corrected chi connectivity index (χ2v) is 3.12. The summed E-state index contributed by atoms with van der Waals surface area (Å²) in [5.74, 6) is 0.461. The minimum absolute atomic E-state index is 0.387. The van der Waals surface area contributed by atoms with Gasteiger partial charge in [-0.1, -0.05) is 11.2 Å². The van der Waals surface area contributed by atoms with Crippen molar-refractivity contribution in [3.05, 3.63) is 0 Å².